The van der Waals surface area contributed by atoms with Crippen LogP contribution in [0.1, 0.15) is 119 Å². The predicted molar refractivity (Wildman–Crippen MR) is 420 cm³/mol. The third-order valence-corrected chi connectivity index (χ3v) is 19.8. The van der Waals surface area contributed by atoms with E-state index in [1.54, 1.807) is 64.1 Å². The number of benzene rings is 6. The topological polar surface area (TPSA) is 448 Å². The molecule has 2 saturated heterocycles. The number of aryl methyl sites for hydroxylation is 2. The van der Waals surface area contributed by atoms with Gasteiger partial charge >= 0.3 is 11.9 Å². The second-order valence-electron chi connectivity index (χ2n) is 27.7. The van der Waals surface area contributed by atoms with Crippen molar-refractivity contribution in [1.82, 2.24) is 79.8 Å². The lowest BCUT2D eigenvalue weighted by atomic mass is 10.0. The number of hydrogen-bond donors (Lipinski definition) is 8. The highest BCUT2D eigenvalue weighted by molar-refractivity contribution is 6.25. The van der Waals surface area contributed by atoms with Crippen LogP contribution in [0, 0.1) is 0 Å². The molecule has 0 saturated carbocycles. The van der Waals surface area contributed by atoms with E-state index in [-0.39, 0.29) is 83.8 Å². The Balaban J connectivity index is 0.000000185. The molecule has 4 aliphatic heterocycles. The number of carbonyl (C=O) groups is 12. The minimum Gasteiger partial charge on any atom is -0.487 e. The molecular weight excluding hydrogens is 1520 g/mol. The molecule has 596 valence electrons. The first kappa shape index (κ1) is 77.7. The number of amides is 10. The van der Waals surface area contributed by atoms with Gasteiger partial charge in [0.1, 0.15) is 81.6 Å². The quantitative estimate of drug-likeness (QED) is 0.0156. The molecule has 16 rings (SSSR count). The van der Waals surface area contributed by atoms with Gasteiger partial charge in [-0.25, -0.2) is 19.6 Å². The van der Waals surface area contributed by atoms with E-state index in [1.165, 1.54) is 36.4 Å². The zero-order valence-electron chi connectivity index (χ0n) is 62.6. The van der Waals surface area contributed by atoms with Gasteiger partial charge in [0.25, 0.3) is 35.4 Å². The summed E-state index contributed by atoms with van der Waals surface area (Å²) in [5, 5.41) is 52.2. The van der Waals surface area contributed by atoms with Gasteiger partial charge in [0.05, 0.1) is 45.8 Å². The summed E-state index contributed by atoms with van der Waals surface area (Å²) in [6.07, 6.45) is 10.2. The van der Waals surface area contributed by atoms with Gasteiger partial charge in [0.2, 0.25) is 23.6 Å². The molecule has 4 aliphatic rings. The number of carboxylic acids is 2. The van der Waals surface area contributed by atoms with Crippen LogP contribution in [0.4, 0.5) is 23.0 Å². The molecule has 0 bridgehead atoms. The average Bonchev–Trinajstić information content (AvgIpc) is 1.61. The number of aromatic carboxylic acids is 2. The molecule has 2 unspecified atom stereocenters. The normalized spacial score (nSPS) is 14.9. The summed E-state index contributed by atoms with van der Waals surface area (Å²) < 4.78 is 24.6. The summed E-state index contributed by atoms with van der Waals surface area (Å²) >= 11 is 0. The summed E-state index contributed by atoms with van der Waals surface area (Å²) in [5.74, 6) is -5.73. The predicted octanol–water partition coefficient (Wildman–Crippen LogP) is 8.07. The maximum atomic E-state index is 13.3. The molecule has 35 heteroatoms. The van der Waals surface area contributed by atoms with Crippen molar-refractivity contribution in [2.24, 2.45) is 0 Å². The monoisotopic (exact) mass is 1590 g/mol. The van der Waals surface area contributed by atoms with Crippen molar-refractivity contribution in [1.29, 1.82) is 0 Å². The Morgan fingerprint density at radius 2 is 0.915 bits per heavy atom. The number of rotatable bonds is 30. The Kier molecular flexibility index (Phi) is 22.7. The number of carboxylic acid groups (broad SMARTS) is 2. The molecular formula is C83H72N18O17. The second-order valence-corrected chi connectivity index (χ2v) is 27.7. The summed E-state index contributed by atoms with van der Waals surface area (Å²) in [6, 6.07) is 46.5. The summed E-state index contributed by atoms with van der Waals surface area (Å²) in [6.45, 7) is 1.27. The molecule has 6 aromatic carbocycles. The number of anilines is 4. The van der Waals surface area contributed by atoms with Crippen LogP contribution >= 0.6 is 0 Å². The maximum absolute atomic E-state index is 13.3. The number of unbranched alkanes of at least 4 members (excludes halogenated alkanes) is 2. The number of hydrogen-bond acceptors (Lipinski definition) is 23. The molecule has 6 aromatic heterocycles. The van der Waals surface area contributed by atoms with Crippen molar-refractivity contribution < 1.29 is 82.0 Å². The Morgan fingerprint density at radius 3 is 1.38 bits per heavy atom. The van der Waals surface area contributed by atoms with Crippen LogP contribution in [0.3, 0.4) is 0 Å². The van der Waals surface area contributed by atoms with E-state index in [1.807, 2.05) is 112 Å². The summed E-state index contributed by atoms with van der Waals surface area (Å²) in [7, 11) is 0. The number of carbonyl (C=O) groups excluding carboxylic acids is 10. The van der Waals surface area contributed by atoms with Gasteiger partial charge in [-0.2, -0.15) is 0 Å². The number of piperidine rings is 2. The van der Waals surface area contributed by atoms with Crippen LogP contribution < -0.4 is 46.1 Å². The van der Waals surface area contributed by atoms with Crippen molar-refractivity contribution in [3.8, 4) is 51.0 Å². The van der Waals surface area contributed by atoms with Crippen molar-refractivity contribution in [2.45, 2.75) is 83.1 Å². The third kappa shape index (κ3) is 17.0. The lowest BCUT2D eigenvalue weighted by Gasteiger charge is -2.27. The molecule has 2 fully saturated rings. The fourth-order valence-corrected chi connectivity index (χ4v) is 13.9. The van der Waals surface area contributed by atoms with Gasteiger partial charge < -0.3 is 45.7 Å². The third-order valence-electron chi connectivity index (χ3n) is 19.8. The molecule has 8 N–H and O–H groups in total. The number of imide groups is 4. The lowest BCUT2D eigenvalue weighted by molar-refractivity contribution is -0.137. The second kappa shape index (κ2) is 34.4. The zero-order chi connectivity index (χ0) is 82.1. The summed E-state index contributed by atoms with van der Waals surface area (Å²) in [4.78, 5) is 160. The average molecular weight is 1590 g/mol. The van der Waals surface area contributed by atoms with Gasteiger partial charge in [-0.15, -0.1) is 10.2 Å². The minimum atomic E-state index is -1.11. The first-order valence-corrected chi connectivity index (χ1v) is 37.5. The van der Waals surface area contributed by atoms with Crippen LogP contribution in [-0.2, 0) is 48.5 Å². The van der Waals surface area contributed by atoms with Crippen molar-refractivity contribution >= 4 is 105 Å². The lowest BCUT2D eigenvalue weighted by Crippen LogP contribution is -2.54. The fraction of sp³-hybridized carbons (Fsp3) is 0.205. The van der Waals surface area contributed by atoms with E-state index in [0.29, 0.717) is 86.1 Å². The minimum absolute atomic E-state index is 0.00579. The smallest absolute Gasteiger partial charge is 0.335 e. The maximum Gasteiger partial charge on any atom is 0.335 e. The molecule has 0 radical (unpaired) electrons. The van der Waals surface area contributed by atoms with Crippen molar-refractivity contribution in [2.75, 3.05) is 36.9 Å². The molecule has 0 spiro atoms. The van der Waals surface area contributed by atoms with Gasteiger partial charge in [-0.05, 0) is 160 Å². The highest BCUT2D eigenvalue weighted by atomic mass is 16.5. The standard InChI is InChI=1S/C42H37N9O9.C41H35N9O8/c52-34-18-17-31(39(54)46-34)51-40(55)30-6-5-7-32(36(30)41(51)56)60-24-35(53)43-19-2-4-20-49-22-28(47-48-49)23-59-29-15-11-25(12-16-29)37-38(50-21-3-1-8-33(50)45-37)44-27-13-9-26(10-14-27)42(57)58;51-33-18-17-30(38(53)45-33)50-39(54)28-6-5-7-31(35(28)40(50)55)58-23-34(52)42-19-2-4-20-48-22-29(46-47-48)24-9-11-25(12-10-24)36-37(49-21-3-1-8-32(49)44-36)43-27-15-13-26(14-16-27)41(56)57/h1,3,5-16,21-22,31,44H,2,4,17-20,23-24H2,(H,43,53)(H,57,58)(H,46,52,54);1,3,5-16,21-22,30,43H,2,4,17-20,23H2,(H,42,52)(H,56,57)(H,45,51,53). The van der Waals surface area contributed by atoms with Gasteiger partial charge in [-0.3, -0.25) is 86.5 Å². The zero-order valence-corrected chi connectivity index (χ0v) is 62.6. The molecule has 118 heavy (non-hydrogen) atoms. The molecule has 10 heterocycles. The highest BCUT2D eigenvalue weighted by Crippen LogP contribution is 2.38. The van der Waals surface area contributed by atoms with E-state index < -0.39 is 89.7 Å². The van der Waals surface area contributed by atoms with Gasteiger partial charge in [-0.1, -0.05) is 59.0 Å². The number of nitrogens with one attached hydrogen (secondary N) is 6. The van der Waals surface area contributed by atoms with E-state index in [2.05, 4.69) is 52.5 Å². The molecule has 10 amide bonds. The number of imidazole rings is 2. The SMILES string of the molecule is O=C(COc1cccc2c1C(=O)N(C1CCC(=O)NC1=O)C2=O)NCCCCn1cc(-c2ccc(-c3nc4ccccn4c3Nc3ccc(C(=O)O)cc3)cc2)nn1.O=C(COc1cccc2c1C(=O)N(C1CCC(=O)NC1=O)C2=O)NCCCCn1cc(COc2ccc(-c3nc4ccccn4c3Nc3ccc(C(=O)O)cc3)cc2)nn1. The van der Waals surface area contributed by atoms with Gasteiger partial charge in [0.15, 0.2) is 13.2 Å². The van der Waals surface area contributed by atoms with Crippen molar-refractivity contribution in [3.05, 3.63) is 234 Å². The van der Waals surface area contributed by atoms with Crippen LogP contribution in [0.2, 0.25) is 0 Å². The highest BCUT2D eigenvalue weighted by Gasteiger charge is 2.48. The fourth-order valence-electron chi connectivity index (χ4n) is 13.9. The number of nitrogens with zero attached hydrogens (tertiary/aromatic N) is 12. The Hall–Kier alpha value is -15.6. The van der Waals surface area contributed by atoms with Crippen LogP contribution in [0.5, 0.6) is 17.2 Å². The van der Waals surface area contributed by atoms with E-state index in [4.69, 9.17) is 24.2 Å². The van der Waals surface area contributed by atoms with E-state index >= 15 is 0 Å². The first-order chi connectivity index (χ1) is 57.3. The molecule has 35 nitrogen and oxygen atoms in total. The first-order valence-electron chi connectivity index (χ1n) is 37.5. The van der Waals surface area contributed by atoms with Crippen LogP contribution in [0.25, 0.3) is 45.1 Å². The largest absolute Gasteiger partial charge is 0.487 e. The van der Waals surface area contributed by atoms with E-state index in [9.17, 15) is 67.7 Å². The number of aromatic nitrogens is 10. The molecule has 2 atom stereocenters. The van der Waals surface area contributed by atoms with Crippen molar-refractivity contribution in [3.63, 3.8) is 0 Å². The number of ether oxygens (including phenoxy) is 3. The van der Waals surface area contributed by atoms with E-state index in [0.717, 1.165) is 55.1 Å². The van der Waals surface area contributed by atoms with Crippen LogP contribution in [-0.4, -0.2) is 178 Å². The number of pyridine rings is 2. The molecule has 12 aromatic rings. The number of fused-ring (bicyclic) bond motifs is 4. The summed E-state index contributed by atoms with van der Waals surface area (Å²) in [5.41, 5.74) is 8.72. The molecule has 0 aliphatic carbocycles. The Morgan fingerprint density at radius 1 is 0.466 bits per heavy atom. The Bertz CT molecular complexity index is 5960. The Labute approximate surface area is 668 Å². The van der Waals surface area contributed by atoms with Gasteiger partial charge in [0, 0.05) is 79.5 Å². The van der Waals surface area contributed by atoms with Crippen LogP contribution in [0.15, 0.2) is 195 Å².